The number of hydrogen-bond donors (Lipinski definition) is 3. The Balaban J connectivity index is 0. The molecule has 0 aliphatic carbocycles. The van der Waals surface area contributed by atoms with Crippen LogP contribution in [0.25, 0.3) is 0 Å². The van der Waals surface area contributed by atoms with Gasteiger partial charge in [-0.1, -0.05) is 13.2 Å². The van der Waals surface area contributed by atoms with Crippen LogP contribution in [0.2, 0.25) is 0 Å². The molecule has 0 spiro atoms. The summed E-state index contributed by atoms with van der Waals surface area (Å²) in [4.78, 5) is 20.7. The molecule has 0 unspecified atom stereocenters. The summed E-state index contributed by atoms with van der Waals surface area (Å²) >= 11 is 0. The Morgan fingerprint density at radius 3 is 2.05 bits per heavy atom. The first-order chi connectivity index (χ1) is 9.22. The number of rotatable bonds is 8. The van der Waals surface area contributed by atoms with Gasteiger partial charge in [0.15, 0.2) is 6.29 Å². The summed E-state index contributed by atoms with van der Waals surface area (Å²) in [6.07, 6.45) is -1.12. The smallest absolute Gasteiger partial charge is 0.333 e. The average molecular weight is 290 g/mol. The van der Waals surface area contributed by atoms with Gasteiger partial charge in [-0.25, -0.2) is 9.59 Å². The molecule has 0 saturated carbocycles. The van der Waals surface area contributed by atoms with Gasteiger partial charge < -0.3 is 24.8 Å². The molecule has 0 amide bonds. The van der Waals surface area contributed by atoms with Gasteiger partial charge in [0.1, 0.15) is 6.61 Å². The summed E-state index contributed by atoms with van der Waals surface area (Å²) in [5.74, 6) is -1.46. The zero-order valence-electron chi connectivity index (χ0n) is 11.8. The first kappa shape index (κ1) is 20.6. The van der Waals surface area contributed by atoms with Crippen molar-refractivity contribution in [1.29, 1.82) is 0 Å². The van der Waals surface area contributed by atoms with Crippen molar-refractivity contribution in [2.75, 3.05) is 20.3 Å². The van der Waals surface area contributed by atoms with E-state index in [9.17, 15) is 9.59 Å². The molecular formula is C13H22O7. The van der Waals surface area contributed by atoms with E-state index in [4.69, 9.17) is 20.1 Å². The highest BCUT2D eigenvalue weighted by atomic mass is 16.6. The number of methoxy groups -OCH3 is 1. The number of carbonyl (C=O) groups excluding carboxylic acids is 1. The van der Waals surface area contributed by atoms with Crippen molar-refractivity contribution < 1.29 is 34.4 Å². The van der Waals surface area contributed by atoms with Crippen LogP contribution < -0.4 is 0 Å². The van der Waals surface area contributed by atoms with Crippen LogP contribution in [0, 0.1) is 0 Å². The van der Waals surface area contributed by atoms with Gasteiger partial charge in [-0.3, -0.25) is 0 Å². The standard InChI is InChI=1S/C9H16O5.C4H6O2/c1-7(3-4-8(10)11)9(12)14-6-5-13-2;1-3(2)4(5)6/h8,10-11H,1,3-6H2,2H3;1H2,2H3,(H,5,6). The van der Waals surface area contributed by atoms with Crippen molar-refractivity contribution in [3.05, 3.63) is 24.3 Å². The summed E-state index contributed by atoms with van der Waals surface area (Å²) < 4.78 is 9.43. The van der Waals surface area contributed by atoms with Gasteiger partial charge in [0.2, 0.25) is 0 Å². The molecule has 116 valence electrons. The average Bonchev–Trinajstić information content (AvgIpc) is 2.36. The molecule has 7 heteroatoms. The monoisotopic (exact) mass is 290 g/mol. The van der Waals surface area contributed by atoms with Crippen molar-refractivity contribution in [1.82, 2.24) is 0 Å². The minimum absolute atomic E-state index is 0.0816. The van der Waals surface area contributed by atoms with E-state index in [1.54, 1.807) is 0 Å². The highest BCUT2D eigenvalue weighted by molar-refractivity contribution is 5.87. The Hall–Kier alpha value is -1.70. The van der Waals surface area contributed by atoms with E-state index in [0.717, 1.165) is 0 Å². The molecule has 0 saturated heterocycles. The van der Waals surface area contributed by atoms with E-state index in [0.29, 0.717) is 6.61 Å². The first-order valence-electron chi connectivity index (χ1n) is 5.81. The minimum atomic E-state index is -1.42. The van der Waals surface area contributed by atoms with Crippen LogP contribution in [0.4, 0.5) is 0 Å². The van der Waals surface area contributed by atoms with Gasteiger partial charge in [-0.15, -0.1) is 0 Å². The number of ether oxygens (including phenoxy) is 2. The number of carboxylic acids is 1. The molecule has 0 aliphatic heterocycles. The number of aliphatic hydroxyl groups excluding tert-OH is 1. The third-order valence-corrected chi connectivity index (χ3v) is 1.88. The number of carboxylic acid groups (broad SMARTS) is 1. The van der Waals surface area contributed by atoms with Gasteiger partial charge in [-0.05, 0) is 13.3 Å². The molecule has 0 aromatic carbocycles. The van der Waals surface area contributed by atoms with Crippen LogP contribution in [-0.2, 0) is 19.1 Å². The maximum Gasteiger partial charge on any atom is 0.333 e. The van der Waals surface area contributed by atoms with Crippen molar-refractivity contribution in [3.63, 3.8) is 0 Å². The number of esters is 1. The summed E-state index contributed by atoms with van der Waals surface area (Å²) in [6, 6.07) is 0. The van der Waals surface area contributed by atoms with E-state index in [1.165, 1.54) is 14.0 Å². The van der Waals surface area contributed by atoms with E-state index in [-0.39, 0.29) is 30.6 Å². The highest BCUT2D eigenvalue weighted by Crippen LogP contribution is 2.06. The van der Waals surface area contributed by atoms with E-state index < -0.39 is 18.2 Å². The Morgan fingerprint density at radius 1 is 1.20 bits per heavy atom. The lowest BCUT2D eigenvalue weighted by Crippen LogP contribution is -2.13. The highest BCUT2D eigenvalue weighted by Gasteiger charge is 2.09. The zero-order chi connectivity index (χ0) is 16.1. The SMILES string of the molecule is C=C(C)C(=O)O.C=C(CCC(O)O)C(=O)OCCOC. The van der Waals surface area contributed by atoms with Gasteiger partial charge in [0, 0.05) is 24.7 Å². The lowest BCUT2D eigenvalue weighted by Gasteiger charge is -2.07. The molecule has 0 fully saturated rings. The summed E-state index contributed by atoms with van der Waals surface area (Å²) in [5.41, 5.74) is 0.407. The number of hydrogen-bond acceptors (Lipinski definition) is 6. The van der Waals surface area contributed by atoms with Crippen molar-refractivity contribution in [2.45, 2.75) is 26.1 Å². The third kappa shape index (κ3) is 14.4. The molecule has 0 rings (SSSR count). The van der Waals surface area contributed by atoms with Crippen LogP contribution in [-0.4, -0.2) is 53.9 Å². The fraction of sp³-hybridized carbons (Fsp3) is 0.538. The van der Waals surface area contributed by atoms with Crippen molar-refractivity contribution in [2.24, 2.45) is 0 Å². The Kier molecular flexibility index (Phi) is 12.7. The summed E-state index contributed by atoms with van der Waals surface area (Å²) in [7, 11) is 1.50. The molecule has 7 nitrogen and oxygen atoms in total. The van der Waals surface area contributed by atoms with Crippen LogP contribution in [0.3, 0.4) is 0 Å². The number of carbonyl (C=O) groups is 2. The predicted molar refractivity (Wildman–Crippen MR) is 71.9 cm³/mol. The molecule has 0 atom stereocenters. The van der Waals surface area contributed by atoms with Gasteiger partial charge in [-0.2, -0.15) is 0 Å². The van der Waals surface area contributed by atoms with E-state index >= 15 is 0 Å². The lowest BCUT2D eigenvalue weighted by atomic mass is 10.1. The molecule has 0 aromatic rings. The van der Waals surface area contributed by atoms with Gasteiger partial charge in [0.25, 0.3) is 0 Å². The molecule has 0 aliphatic rings. The van der Waals surface area contributed by atoms with Crippen LogP contribution in [0.15, 0.2) is 24.3 Å². The number of aliphatic hydroxyl groups is 2. The predicted octanol–water partition coefficient (Wildman–Crippen LogP) is 0.470. The molecule has 0 aromatic heterocycles. The summed E-state index contributed by atoms with van der Waals surface area (Å²) in [5, 5.41) is 25.0. The fourth-order valence-corrected chi connectivity index (χ4v) is 0.725. The van der Waals surface area contributed by atoms with Crippen LogP contribution >= 0.6 is 0 Å². The van der Waals surface area contributed by atoms with E-state index in [1.807, 2.05) is 0 Å². The van der Waals surface area contributed by atoms with Gasteiger partial charge >= 0.3 is 11.9 Å². The second kappa shape index (κ2) is 12.3. The van der Waals surface area contributed by atoms with Crippen LogP contribution in [0.1, 0.15) is 19.8 Å². The fourth-order valence-electron chi connectivity index (χ4n) is 0.725. The maximum atomic E-state index is 11.1. The second-order valence-electron chi connectivity index (χ2n) is 3.84. The van der Waals surface area contributed by atoms with Crippen molar-refractivity contribution >= 4 is 11.9 Å². The van der Waals surface area contributed by atoms with E-state index in [2.05, 4.69) is 17.9 Å². The van der Waals surface area contributed by atoms with Gasteiger partial charge in [0.05, 0.1) is 6.61 Å². The third-order valence-electron chi connectivity index (χ3n) is 1.88. The number of aliphatic carboxylic acids is 1. The molecular weight excluding hydrogens is 268 g/mol. The molecule has 3 N–H and O–H groups in total. The summed E-state index contributed by atoms with van der Waals surface area (Å²) in [6.45, 7) is 8.58. The normalized spacial score (nSPS) is 9.45. The second-order valence-corrected chi connectivity index (χ2v) is 3.84. The molecule has 0 bridgehead atoms. The molecule has 0 radical (unpaired) electrons. The minimum Gasteiger partial charge on any atom is -0.478 e. The quantitative estimate of drug-likeness (QED) is 0.258. The molecule has 0 heterocycles. The Labute approximate surface area is 118 Å². The van der Waals surface area contributed by atoms with Crippen LogP contribution in [0.5, 0.6) is 0 Å². The Bertz CT molecular complexity index is 322. The molecule has 20 heavy (non-hydrogen) atoms. The topological polar surface area (TPSA) is 113 Å². The largest absolute Gasteiger partial charge is 0.478 e. The Morgan fingerprint density at radius 2 is 1.70 bits per heavy atom. The first-order valence-corrected chi connectivity index (χ1v) is 5.81. The maximum absolute atomic E-state index is 11.1. The van der Waals surface area contributed by atoms with Crippen molar-refractivity contribution in [3.8, 4) is 0 Å². The lowest BCUT2D eigenvalue weighted by molar-refractivity contribution is -0.140. The zero-order valence-corrected chi connectivity index (χ0v) is 11.8.